The fourth-order valence-electron chi connectivity index (χ4n) is 3.08. The average molecular weight is 296 g/mol. The molecule has 1 aliphatic heterocycles. The first-order chi connectivity index (χ1) is 10.8. The second-order valence-electron chi connectivity index (χ2n) is 5.80. The molecule has 5 heteroatoms. The minimum atomic E-state index is 0.444. The van der Waals surface area contributed by atoms with Crippen LogP contribution in [0, 0.1) is 17.2 Å². The van der Waals surface area contributed by atoms with Crippen molar-refractivity contribution in [2.75, 3.05) is 20.3 Å². The van der Waals surface area contributed by atoms with Crippen LogP contribution in [0.2, 0.25) is 0 Å². The van der Waals surface area contributed by atoms with Gasteiger partial charge in [0, 0.05) is 45.1 Å². The van der Waals surface area contributed by atoms with Crippen molar-refractivity contribution in [3.05, 3.63) is 53.6 Å². The Hall–Kier alpha value is -2.16. The summed E-state index contributed by atoms with van der Waals surface area (Å²) < 4.78 is 7.58. The number of fused-ring (bicyclic) bond motifs is 1. The van der Waals surface area contributed by atoms with Crippen molar-refractivity contribution in [1.29, 1.82) is 5.26 Å². The molecule has 3 rings (SSSR count). The minimum Gasteiger partial charge on any atom is -0.384 e. The van der Waals surface area contributed by atoms with Crippen molar-refractivity contribution >= 4 is 0 Å². The van der Waals surface area contributed by atoms with Crippen LogP contribution in [0.25, 0.3) is 0 Å². The van der Waals surface area contributed by atoms with E-state index in [4.69, 9.17) is 10.00 Å². The van der Waals surface area contributed by atoms with Crippen molar-refractivity contribution in [2.24, 2.45) is 5.92 Å². The number of aromatic nitrogens is 2. The number of ether oxygens (including phenoxy) is 1. The highest BCUT2D eigenvalue weighted by Crippen LogP contribution is 2.18. The van der Waals surface area contributed by atoms with E-state index in [0.717, 1.165) is 44.2 Å². The lowest BCUT2D eigenvalue weighted by Crippen LogP contribution is -2.29. The van der Waals surface area contributed by atoms with Crippen molar-refractivity contribution < 1.29 is 4.74 Å². The fraction of sp³-hybridized carbons (Fsp3) is 0.412. The quantitative estimate of drug-likeness (QED) is 0.866. The van der Waals surface area contributed by atoms with Crippen molar-refractivity contribution in [3.63, 3.8) is 0 Å². The van der Waals surface area contributed by atoms with Crippen LogP contribution in [0.5, 0.6) is 0 Å². The molecule has 0 aliphatic carbocycles. The molecular weight excluding hydrogens is 276 g/mol. The molecule has 1 aromatic heterocycles. The zero-order chi connectivity index (χ0) is 15.4. The largest absolute Gasteiger partial charge is 0.384 e. The number of imidazole rings is 1. The molecule has 5 nitrogen and oxygen atoms in total. The summed E-state index contributed by atoms with van der Waals surface area (Å²) in [5.41, 5.74) is 1.87. The predicted octanol–water partition coefficient (Wildman–Crippen LogP) is 2.03. The number of rotatable bonds is 4. The van der Waals surface area contributed by atoms with Gasteiger partial charge in [-0.05, 0) is 17.7 Å². The highest BCUT2D eigenvalue weighted by molar-refractivity contribution is 5.32. The van der Waals surface area contributed by atoms with Crippen LogP contribution in [0.4, 0.5) is 0 Å². The molecule has 0 N–H and O–H groups in total. The first-order valence-corrected chi connectivity index (χ1v) is 7.49. The van der Waals surface area contributed by atoms with Gasteiger partial charge in [-0.15, -0.1) is 0 Å². The standard InChI is InChI=1S/C17H20N4O/c1-22-13-16-10-20(12-17-19-5-6-21(17)11-16)9-15-4-2-3-14(7-15)8-18/h2-7,16H,9-13H2,1H3. The molecule has 1 aliphatic rings. The first-order valence-electron chi connectivity index (χ1n) is 7.49. The minimum absolute atomic E-state index is 0.444. The average Bonchev–Trinajstić information content (AvgIpc) is 2.88. The number of hydrogen-bond donors (Lipinski definition) is 0. The van der Waals surface area contributed by atoms with E-state index in [1.807, 2.05) is 30.6 Å². The zero-order valence-electron chi connectivity index (χ0n) is 12.8. The summed E-state index contributed by atoms with van der Waals surface area (Å²) >= 11 is 0. The Labute approximate surface area is 130 Å². The SMILES string of the molecule is COCC1CN(Cc2cccc(C#N)c2)Cc2nccn2C1. The summed E-state index contributed by atoms with van der Waals surface area (Å²) in [5.74, 6) is 1.54. The van der Waals surface area contributed by atoms with Crippen molar-refractivity contribution in [2.45, 2.75) is 19.6 Å². The molecule has 1 atom stereocenters. The first kappa shape index (κ1) is 14.8. The maximum absolute atomic E-state index is 9.03. The molecule has 2 aromatic rings. The third-order valence-corrected chi connectivity index (χ3v) is 4.00. The van der Waals surface area contributed by atoms with Gasteiger partial charge in [0.2, 0.25) is 0 Å². The van der Waals surface area contributed by atoms with Gasteiger partial charge < -0.3 is 9.30 Å². The van der Waals surface area contributed by atoms with E-state index in [0.29, 0.717) is 11.5 Å². The van der Waals surface area contributed by atoms with E-state index in [2.05, 4.69) is 26.6 Å². The zero-order valence-corrected chi connectivity index (χ0v) is 12.8. The van der Waals surface area contributed by atoms with Crippen molar-refractivity contribution in [1.82, 2.24) is 14.5 Å². The van der Waals surface area contributed by atoms with Crippen LogP contribution in [0.1, 0.15) is 17.0 Å². The van der Waals surface area contributed by atoms with Gasteiger partial charge in [-0.3, -0.25) is 4.90 Å². The van der Waals surface area contributed by atoms with E-state index in [1.54, 1.807) is 7.11 Å². The summed E-state index contributed by atoms with van der Waals surface area (Å²) in [6, 6.07) is 10.0. The summed E-state index contributed by atoms with van der Waals surface area (Å²) in [6.07, 6.45) is 3.90. The Morgan fingerprint density at radius 2 is 2.32 bits per heavy atom. The molecule has 1 aromatic carbocycles. The summed E-state index contributed by atoms with van der Waals surface area (Å²) in [5, 5.41) is 9.03. The molecule has 0 radical (unpaired) electrons. The molecule has 0 amide bonds. The molecule has 114 valence electrons. The third-order valence-electron chi connectivity index (χ3n) is 4.00. The van der Waals surface area contributed by atoms with Gasteiger partial charge in [-0.25, -0.2) is 4.98 Å². The van der Waals surface area contributed by atoms with E-state index in [1.165, 1.54) is 0 Å². The molecule has 2 heterocycles. The van der Waals surface area contributed by atoms with Gasteiger partial charge in [0.05, 0.1) is 24.8 Å². The van der Waals surface area contributed by atoms with Gasteiger partial charge in [0.25, 0.3) is 0 Å². The fourth-order valence-corrected chi connectivity index (χ4v) is 3.08. The number of benzene rings is 1. The summed E-state index contributed by atoms with van der Waals surface area (Å²) in [7, 11) is 1.75. The third kappa shape index (κ3) is 3.35. The van der Waals surface area contributed by atoms with Crippen LogP contribution in [0.15, 0.2) is 36.7 Å². The van der Waals surface area contributed by atoms with E-state index < -0.39 is 0 Å². The van der Waals surface area contributed by atoms with Crippen LogP contribution in [-0.4, -0.2) is 34.7 Å². The molecule has 22 heavy (non-hydrogen) atoms. The van der Waals surface area contributed by atoms with E-state index in [9.17, 15) is 0 Å². The van der Waals surface area contributed by atoms with Crippen LogP contribution < -0.4 is 0 Å². The van der Waals surface area contributed by atoms with Gasteiger partial charge in [0.1, 0.15) is 5.82 Å². The molecule has 1 unspecified atom stereocenters. The van der Waals surface area contributed by atoms with Gasteiger partial charge in [-0.1, -0.05) is 12.1 Å². The molecular formula is C17H20N4O. The summed E-state index contributed by atoms with van der Waals surface area (Å²) in [6.45, 7) is 4.30. The topological polar surface area (TPSA) is 54.1 Å². The molecule has 0 fully saturated rings. The van der Waals surface area contributed by atoms with Crippen LogP contribution >= 0.6 is 0 Å². The number of hydrogen-bond acceptors (Lipinski definition) is 4. The van der Waals surface area contributed by atoms with Gasteiger partial charge >= 0.3 is 0 Å². The van der Waals surface area contributed by atoms with Crippen LogP contribution in [0.3, 0.4) is 0 Å². The maximum atomic E-state index is 9.03. The second kappa shape index (κ2) is 6.73. The highest BCUT2D eigenvalue weighted by atomic mass is 16.5. The number of methoxy groups -OCH3 is 1. The Bertz CT molecular complexity index is 673. The smallest absolute Gasteiger partial charge is 0.122 e. The summed E-state index contributed by atoms with van der Waals surface area (Å²) in [4.78, 5) is 6.85. The number of nitrogens with zero attached hydrogens (tertiary/aromatic N) is 4. The number of nitriles is 1. The molecule has 0 bridgehead atoms. The highest BCUT2D eigenvalue weighted by Gasteiger charge is 2.22. The Morgan fingerprint density at radius 3 is 3.14 bits per heavy atom. The van der Waals surface area contributed by atoms with E-state index >= 15 is 0 Å². The van der Waals surface area contributed by atoms with Gasteiger partial charge in [-0.2, -0.15) is 5.26 Å². The van der Waals surface area contributed by atoms with Gasteiger partial charge in [0.15, 0.2) is 0 Å². The maximum Gasteiger partial charge on any atom is 0.122 e. The van der Waals surface area contributed by atoms with Crippen LogP contribution in [-0.2, 0) is 24.4 Å². The monoisotopic (exact) mass is 296 g/mol. The van der Waals surface area contributed by atoms with Crippen molar-refractivity contribution in [3.8, 4) is 6.07 Å². The predicted molar refractivity (Wildman–Crippen MR) is 82.9 cm³/mol. The molecule has 0 spiro atoms. The lowest BCUT2D eigenvalue weighted by atomic mass is 10.1. The molecule has 0 saturated carbocycles. The lowest BCUT2D eigenvalue weighted by Gasteiger charge is -2.23. The normalized spacial score (nSPS) is 18.5. The Balaban J connectivity index is 1.78. The molecule has 0 saturated heterocycles. The Morgan fingerprint density at radius 1 is 1.41 bits per heavy atom. The second-order valence-corrected chi connectivity index (χ2v) is 5.80. The Kier molecular flexibility index (Phi) is 4.52. The van der Waals surface area contributed by atoms with E-state index in [-0.39, 0.29) is 0 Å². The lowest BCUT2D eigenvalue weighted by molar-refractivity contribution is 0.115.